The van der Waals surface area contributed by atoms with Gasteiger partial charge in [-0.1, -0.05) is 55.5 Å². The summed E-state index contributed by atoms with van der Waals surface area (Å²) in [6, 6.07) is 18.1. The highest BCUT2D eigenvalue weighted by atomic mass is 16.1. The Morgan fingerprint density at radius 2 is 1.75 bits per heavy atom. The van der Waals surface area contributed by atoms with Crippen LogP contribution in [0.2, 0.25) is 0 Å². The van der Waals surface area contributed by atoms with Crippen molar-refractivity contribution in [3.05, 3.63) is 78.2 Å². The summed E-state index contributed by atoms with van der Waals surface area (Å²) in [6.45, 7) is 4.07. The van der Waals surface area contributed by atoms with Crippen LogP contribution in [0, 0.1) is 6.92 Å². The molecule has 1 heterocycles. The largest absolute Gasteiger partial charge is 0.346 e. The van der Waals surface area contributed by atoms with Gasteiger partial charge in [0.1, 0.15) is 0 Å². The molecule has 101 valence electrons. The minimum atomic E-state index is -0.271. The van der Waals surface area contributed by atoms with Crippen molar-refractivity contribution in [2.75, 3.05) is 0 Å². The number of rotatable bonds is 3. The van der Waals surface area contributed by atoms with Crippen molar-refractivity contribution in [2.45, 2.75) is 24.8 Å². The zero-order chi connectivity index (χ0) is 14.0. The third-order valence-electron chi connectivity index (χ3n) is 4.03. The van der Waals surface area contributed by atoms with Crippen LogP contribution in [0.5, 0.6) is 0 Å². The summed E-state index contributed by atoms with van der Waals surface area (Å²) in [4.78, 5) is 12.3. The first-order valence-corrected chi connectivity index (χ1v) is 6.96. The first-order chi connectivity index (χ1) is 9.72. The Balaban J connectivity index is 1.93. The van der Waals surface area contributed by atoms with Crippen LogP contribution in [-0.2, 0) is 12.8 Å². The van der Waals surface area contributed by atoms with Gasteiger partial charge in [0, 0.05) is 11.1 Å². The Kier molecular flexibility index (Phi) is 3.31. The van der Waals surface area contributed by atoms with Gasteiger partial charge in [-0.2, -0.15) is 0 Å². The molecule has 0 saturated carbocycles. The molecule has 0 saturated heterocycles. The summed E-state index contributed by atoms with van der Waals surface area (Å²) in [5, 5.41) is 3.18. The average Bonchev–Trinajstić information content (AvgIpc) is 2.48. The molecule has 0 spiro atoms. The zero-order valence-electron chi connectivity index (χ0n) is 11.4. The monoisotopic (exact) mass is 264 g/mol. The number of benzene rings is 2. The topological polar surface area (TPSA) is 29.1 Å². The van der Waals surface area contributed by atoms with Crippen molar-refractivity contribution in [3.8, 4) is 0 Å². The SMILES string of the molecule is [CH2]C[C@]1(Cc2ccccc2)Cc2ccccc2C(=O)N1. The van der Waals surface area contributed by atoms with Crippen molar-refractivity contribution in [1.29, 1.82) is 0 Å². The molecule has 1 N–H and O–H groups in total. The van der Waals surface area contributed by atoms with E-state index in [0.29, 0.717) is 6.42 Å². The molecule has 1 atom stereocenters. The lowest BCUT2D eigenvalue weighted by molar-refractivity contribution is 0.0878. The number of hydrogen-bond acceptors (Lipinski definition) is 1. The lowest BCUT2D eigenvalue weighted by atomic mass is 9.78. The van der Waals surface area contributed by atoms with E-state index in [4.69, 9.17) is 0 Å². The van der Waals surface area contributed by atoms with E-state index in [1.54, 1.807) is 0 Å². The van der Waals surface area contributed by atoms with Gasteiger partial charge in [-0.15, -0.1) is 0 Å². The van der Waals surface area contributed by atoms with E-state index in [2.05, 4.69) is 24.4 Å². The highest BCUT2D eigenvalue weighted by Gasteiger charge is 2.36. The maximum atomic E-state index is 12.3. The minimum Gasteiger partial charge on any atom is -0.346 e. The predicted octanol–water partition coefficient (Wildman–Crippen LogP) is 3.18. The number of fused-ring (bicyclic) bond motifs is 1. The molecule has 20 heavy (non-hydrogen) atoms. The molecule has 0 bridgehead atoms. The van der Waals surface area contributed by atoms with E-state index in [1.165, 1.54) is 5.56 Å². The van der Waals surface area contributed by atoms with Gasteiger partial charge in [-0.25, -0.2) is 0 Å². The third-order valence-corrected chi connectivity index (χ3v) is 4.03. The van der Waals surface area contributed by atoms with Crippen LogP contribution in [0.4, 0.5) is 0 Å². The highest BCUT2D eigenvalue weighted by Crippen LogP contribution is 2.28. The minimum absolute atomic E-state index is 0.0198. The third kappa shape index (κ3) is 2.34. The lowest BCUT2D eigenvalue weighted by Gasteiger charge is -2.38. The van der Waals surface area contributed by atoms with Crippen LogP contribution in [0.3, 0.4) is 0 Å². The zero-order valence-corrected chi connectivity index (χ0v) is 11.4. The first kappa shape index (κ1) is 12.9. The Labute approximate surface area is 119 Å². The average molecular weight is 264 g/mol. The van der Waals surface area contributed by atoms with Crippen molar-refractivity contribution < 1.29 is 4.79 Å². The number of hydrogen-bond donors (Lipinski definition) is 1. The van der Waals surface area contributed by atoms with E-state index >= 15 is 0 Å². The van der Waals surface area contributed by atoms with Gasteiger partial charge >= 0.3 is 0 Å². The molecule has 2 nitrogen and oxygen atoms in total. The Bertz CT molecular complexity index is 620. The molecule has 2 heteroatoms. The first-order valence-electron chi connectivity index (χ1n) is 6.96. The van der Waals surface area contributed by atoms with Gasteiger partial charge in [0.15, 0.2) is 0 Å². The molecule has 1 aliphatic rings. The fraction of sp³-hybridized carbons (Fsp3) is 0.222. The lowest BCUT2D eigenvalue weighted by Crippen LogP contribution is -2.54. The number of carbonyl (C=O) groups is 1. The van der Waals surface area contributed by atoms with Gasteiger partial charge < -0.3 is 5.32 Å². The van der Waals surface area contributed by atoms with Gasteiger partial charge in [0.2, 0.25) is 0 Å². The van der Waals surface area contributed by atoms with E-state index in [-0.39, 0.29) is 11.4 Å². The number of carbonyl (C=O) groups excluding carboxylic acids is 1. The molecule has 0 fully saturated rings. The quantitative estimate of drug-likeness (QED) is 0.906. The van der Waals surface area contributed by atoms with E-state index < -0.39 is 0 Å². The molecule has 0 aliphatic carbocycles. The fourth-order valence-corrected chi connectivity index (χ4v) is 2.95. The number of amides is 1. The molecule has 1 amide bonds. The summed E-state index contributed by atoms with van der Waals surface area (Å²) in [7, 11) is 0. The normalized spacial score (nSPS) is 21.1. The summed E-state index contributed by atoms with van der Waals surface area (Å²) in [5.74, 6) is 0.0198. The van der Waals surface area contributed by atoms with Crippen LogP contribution in [0.25, 0.3) is 0 Å². The van der Waals surface area contributed by atoms with Crippen LogP contribution < -0.4 is 5.32 Å². The maximum absolute atomic E-state index is 12.3. The Morgan fingerprint density at radius 3 is 2.50 bits per heavy atom. The molecule has 3 rings (SSSR count). The second kappa shape index (κ2) is 5.12. The van der Waals surface area contributed by atoms with Gasteiger partial charge in [-0.05, 0) is 36.5 Å². The molecular formula is C18H18NO. The fourth-order valence-electron chi connectivity index (χ4n) is 2.95. The Hall–Kier alpha value is -2.09. The molecule has 0 aromatic heterocycles. The summed E-state index contributed by atoms with van der Waals surface area (Å²) in [5.41, 5.74) is 2.88. The van der Waals surface area contributed by atoms with Crippen LogP contribution in [-0.4, -0.2) is 11.4 Å². The van der Waals surface area contributed by atoms with Gasteiger partial charge in [-0.3, -0.25) is 4.79 Å². The maximum Gasteiger partial charge on any atom is 0.252 e. The van der Waals surface area contributed by atoms with Crippen LogP contribution in [0.1, 0.15) is 27.9 Å². The second-order valence-corrected chi connectivity index (χ2v) is 5.48. The van der Waals surface area contributed by atoms with E-state index in [9.17, 15) is 4.79 Å². The second-order valence-electron chi connectivity index (χ2n) is 5.48. The van der Waals surface area contributed by atoms with E-state index in [1.807, 2.05) is 42.5 Å². The van der Waals surface area contributed by atoms with Crippen molar-refractivity contribution >= 4 is 5.91 Å². The molecule has 0 unspecified atom stereocenters. The van der Waals surface area contributed by atoms with Crippen LogP contribution >= 0.6 is 0 Å². The van der Waals surface area contributed by atoms with Gasteiger partial charge in [0.25, 0.3) is 5.91 Å². The predicted molar refractivity (Wildman–Crippen MR) is 80.5 cm³/mol. The summed E-state index contributed by atoms with van der Waals surface area (Å²) < 4.78 is 0. The molecule has 2 aromatic rings. The standard InChI is InChI=1S/C18H18NO/c1-2-18(12-14-8-4-3-5-9-14)13-15-10-6-7-11-16(15)17(20)19-18/h3-11H,1-2,12-13H2,(H,19,20)/t18-/m0/s1. The van der Waals surface area contributed by atoms with Crippen molar-refractivity contribution in [3.63, 3.8) is 0 Å². The summed E-state index contributed by atoms with van der Waals surface area (Å²) in [6.07, 6.45) is 2.34. The van der Waals surface area contributed by atoms with E-state index in [0.717, 1.165) is 24.0 Å². The van der Waals surface area contributed by atoms with Gasteiger partial charge in [0.05, 0.1) is 0 Å². The van der Waals surface area contributed by atoms with Crippen molar-refractivity contribution in [1.82, 2.24) is 5.32 Å². The Morgan fingerprint density at radius 1 is 1.05 bits per heavy atom. The summed E-state index contributed by atoms with van der Waals surface area (Å²) >= 11 is 0. The molecular weight excluding hydrogens is 246 g/mol. The molecule has 2 aromatic carbocycles. The molecule has 1 radical (unpaired) electrons. The number of nitrogens with one attached hydrogen (secondary N) is 1. The highest BCUT2D eigenvalue weighted by molar-refractivity contribution is 5.97. The van der Waals surface area contributed by atoms with Crippen molar-refractivity contribution in [2.24, 2.45) is 0 Å². The smallest absolute Gasteiger partial charge is 0.252 e. The molecule has 1 aliphatic heterocycles. The van der Waals surface area contributed by atoms with Crippen LogP contribution in [0.15, 0.2) is 54.6 Å².